The van der Waals surface area contributed by atoms with Gasteiger partial charge in [0.15, 0.2) is 0 Å². The van der Waals surface area contributed by atoms with Gasteiger partial charge < -0.3 is 14.6 Å². The average Bonchev–Trinajstić information content (AvgIpc) is 2.77. The Balaban J connectivity index is 1.73. The lowest BCUT2D eigenvalue weighted by Crippen LogP contribution is -2.37. The summed E-state index contributed by atoms with van der Waals surface area (Å²) in [6, 6.07) is 0.447. The minimum atomic E-state index is 0.447. The molecule has 1 N–H and O–H groups in total. The number of nitrogens with one attached hydrogen (secondary N) is 1. The Hall–Kier alpha value is -1.07. The van der Waals surface area contributed by atoms with Crippen LogP contribution in [0.4, 0.5) is 5.95 Å². The smallest absolute Gasteiger partial charge is 0.203 e. The molecular formula is C14H26N4O. The number of ether oxygens (including phenoxy) is 1. The van der Waals surface area contributed by atoms with Crippen LogP contribution < -0.4 is 5.32 Å². The largest absolute Gasteiger partial charge is 0.379 e. The molecule has 0 radical (unpaired) electrons. The maximum Gasteiger partial charge on any atom is 0.203 e. The van der Waals surface area contributed by atoms with Gasteiger partial charge in [-0.25, -0.2) is 4.98 Å². The van der Waals surface area contributed by atoms with Crippen molar-refractivity contribution in [3.63, 3.8) is 0 Å². The predicted octanol–water partition coefficient (Wildman–Crippen LogP) is 1.91. The fourth-order valence-electron chi connectivity index (χ4n) is 2.37. The first-order valence-corrected chi connectivity index (χ1v) is 7.26. The Morgan fingerprint density at radius 1 is 1.37 bits per heavy atom. The molecule has 0 aromatic carbocycles. The number of anilines is 1. The van der Waals surface area contributed by atoms with E-state index in [0.29, 0.717) is 6.04 Å². The zero-order chi connectivity index (χ0) is 13.7. The van der Waals surface area contributed by atoms with Gasteiger partial charge in [-0.15, -0.1) is 0 Å². The Morgan fingerprint density at radius 2 is 2.11 bits per heavy atom. The van der Waals surface area contributed by atoms with Crippen LogP contribution >= 0.6 is 0 Å². The highest BCUT2D eigenvalue weighted by atomic mass is 16.5. The Morgan fingerprint density at radius 3 is 2.79 bits per heavy atom. The van der Waals surface area contributed by atoms with Crippen LogP contribution in [0.2, 0.25) is 0 Å². The number of aryl methyl sites for hydroxylation is 1. The summed E-state index contributed by atoms with van der Waals surface area (Å²) in [4.78, 5) is 7.00. The second-order valence-electron chi connectivity index (χ2n) is 5.44. The summed E-state index contributed by atoms with van der Waals surface area (Å²) in [6.07, 6.45) is 3.25. The first kappa shape index (κ1) is 14.3. The highest BCUT2D eigenvalue weighted by molar-refractivity contribution is 5.29. The third kappa shape index (κ3) is 4.21. The van der Waals surface area contributed by atoms with Crippen molar-refractivity contribution in [3.05, 3.63) is 11.9 Å². The minimum Gasteiger partial charge on any atom is -0.379 e. The van der Waals surface area contributed by atoms with Crippen molar-refractivity contribution < 1.29 is 4.74 Å². The van der Waals surface area contributed by atoms with Gasteiger partial charge in [0, 0.05) is 31.9 Å². The van der Waals surface area contributed by atoms with Gasteiger partial charge >= 0.3 is 0 Å². The van der Waals surface area contributed by atoms with Crippen molar-refractivity contribution in [2.24, 2.45) is 0 Å². The van der Waals surface area contributed by atoms with Crippen molar-refractivity contribution in [3.8, 4) is 0 Å². The average molecular weight is 266 g/mol. The molecule has 1 aliphatic heterocycles. The molecule has 1 aliphatic rings. The van der Waals surface area contributed by atoms with Gasteiger partial charge in [0.05, 0.1) is 18.9 Å². The standard InChI is InChI=1S/C14H26N4O/c1-12(2)18-11-13(3)16-14(18)15-5-4-6-17-7-9-19-10-8-17/h11-12H,4-10H2,1-3H3,(H,15,16). The van der Waals surface area contributed by atoms with Gasteiger partial charge in [0.2, 0.25) is 5.95 Å². The van der Waals surface area contributed by atoms with Crippen LogP contribution in [0.5, 0.6) is 0 Å². The zero-order valence-corrected chi connectivity index (χ0v) is 12.4. The van der Waals surface area contributed by atoms with Gasteiger partial charge in [0.25, 0.3) is 0 Å². The highest BCUT2D eigenvalue weighted by Gasteiger charge is 2.10. The summed E-state index contributed by atoms with van der Waals surface area (Å²) in [5.74, 6) is 0.995. The predicted molar refractivity (Wildman–Crippen MR) is 77.7 cm³/mol. The summed E-state index contributed by atoms with van der Waals surface area (Å²) in [6.45, 7) is 12.4. The molecule has 1 aromatic heterocycles. The molecule has 5 heteroatoms. The van der Waals surface area contributed by atoms with E-state index in [1.54, 1.807) is 0 Å². The number of morpholine rings is 1. The number of imidazole rings is 1. The van der Waals surface area contributed by atoms with Crippen LogP contribution in [0, 0.1) is 6.92 Å². The van der Waals surface area contributed by atoms with Crippen molar-refractivity contribution in [2.45, 2.75) is 33.2 Å². The lowest BCUT2D eigenvalue weighted by atomic mass is 10.3. The monoisotopic (exact) mass is 266 g/mol. The van der Waals surface area contributed by atoms with E-state index in [1.165, 1.54) is 0 Å². The highest BCUT2D eigenvalue weighted by Crippen LogP contribution is 2.15. The number of aromatic nitrogens is 2. The topological polar surface area (TPSA) is 42.3 Å². The van der Waals surface area contributed by atoms with E-state index in [1.807, 2.05) is 6.92 Å². The Bertz CT molecular complexity index is 383. The van der Waals surface area contributed by atoms with Crippen LogP contribution in [-0.4, -0.2) is 53.8 Å². The van der Waals surface area contributed by atoms with E-state index in [-0.39, 0.29) is 0 Å². The first-order chi connectivity index (χ1) is 9.16. The second kappa shape index (κ2) is 6.91. The minimum absolute atomic E-state index is 0.447. The maximum atomic E-state index is 5.35. The molecule has 1 fully saturated rings. The SMILES string of the molecule is Cc1cn(C(C)C)c(NCCCN2CCOCC2)n1. The lowest BCUT2D eigenvalue weighted by molar-refractivity contribution is 0.0378. The normalized spacial score (nSPS) is 17.1. The molecule has 2 rings (SSSR count). The fraction of sp³-hybridized carbons (Fsp3) is 0.786. The van der Waals surface area contributed by atoms with Gasteiger partial charge in [0.1, 0.15) is 0 Å². The van der Waals surface area contributed by atoms with Crippen LogP contribution in [0.1, 0.15) is 32.0 Å². The van der Waals surface area contributed by atoms with Crippen LogP contribution in [-0.2, 0) is 4.74 Å². The molecule has 0 atom stereocenters. The third-order valence-corrected chi connectivity index (χ3v) is 3.45. The van der Waals surface area contributed by atoms with Crippen molar-refractivity contribution in [2.75, 3.05) is 44.7 Å². The van der Waals surface area contributed by atoms with E-state index in [0.717, 1.165) is 57.5 Å². The van der Waals surface area contributed by atoms with E-state index in [2.05, 4.69) is 39.8 Å². The molecule has 0 unspecified atom stereocenters. The first-order valence-electron chi connectivity index (χ1n) is 7.26. The summed E-state index contributed by atoms with van der Waals surface area (Å²) >= 11 is 0. The van der Waals surface area contributed by atoms with E-state index in [9.17, 15) is 0 Å². The van der Waals surface area contributed by atoms with Crippen molar-refractivity contribution in [1.82, 2.24) is 14.5 Å². The molecule has 1 saturated heterocycles. The van der Waals surface area contributed by atoms with Crippen molar-refractivity contribution >= 4 is 5.95 Å². The maximum absolute atomic E-state index is 5.35. The number of nitrogens with zero attached hydrogens (tertiary/aromatic N) is 3. The summed E-state index contributed by atoms with van der Waals surface area (Å²) in [5, 5.41) is 3.45. The van der Waals surface area contributed by atoms with Gasteiger partial charge in [-0.1, -0.05) is 0 Å². The van der Waals surface area contributed by atoms with Crippen molar-refractivity contribution in [1.29, 1.82) is 0 Å². The molecule has 0 amide bonds. The van der Waals surface area contributed by atoms with Crippen LogP contribution in [0.3, 0.4) is 0 Å². The Kier molecular flexibility index (Phi) is 5.22. The molecular weight excluding hydrogens is 240 g/mol. The molecule has 0 spiro atoms. The number of rotatable bonds is 6. The summed E-state index contributed by atoms with van der Waals surface area (Å²) in [5.41, 5.74) is 1.07. The molecule has 0 saturated carbocycles. The van der Waals surface area contributed by atoms with Crippen LogP contribution in [0.15, 0.2) is 6.20 Å². The van der Waals surface area contributed by atoms with Gasteiger partial charge in [-0.2, -0.15) is 0 Å². The van der Waals surface area contributed by atoms with E-state index >= 15 is 0 Å². The molecule has 1 aromatic rings. The second-order valence-corrected chi connectivity index (χ2v) is 5.44. The fourth-order valence-corrected chi connectivity index (χ4v) is 2.37. The zero-order valence-electron chi connectivity index (χ0n) is 12.4. The summed E-state index contributed by atoms with van der Waals surface area (Å²) < 4.78 is 7.55. The lowest BCUT2D eigenvalue weighted by Gasteiger charge is -2.26. The molecule has 2 heterocycles. The summed E-state index contributed by atoms with van der Waals surface area (Å²) in [7, 11) is 0. The molecule has 19 heavy (non-hydrogen) atoms. The number of hydrogen-bond acceptors (Lipinski definition) is 4. The molecule has 5 nitrogen and oxygen atoms in total. The quantitative estimate of drug-likeness (QED) is 0.799. The Labute approximate surface area is 116 Å². The van der Waals surface area contributed by atoms with E-state index < -0.39 is 0 Å². The van der Waals surface area contributed by atoms with E-state index in [4.69, 9.17) is 4.74 Å². The van der Waals surface area contributed by atoms with Crippen LogP contribution in [0.25, 0.3) is 0 Å². The molecule has 108 valence electrons. The molecule has 0 bridgehead atoms. The molecule has 0 aliphatic carbocycles. The van der Waals surface area contributed by atoms with Gasteiger partial charge in [-0.3, -0.25) is 4.90 Å². The van der Waals surface area contributed by atoms with Gasteiger partial charge in [-0.05, 0) is 33.7 Å². The number of hydrogen-bond donors (Lipinski definition) is 1. The third-order valence-electron chi connectivity index (χ3n) is 3.45.